The molecule has 3 aromatic carbocycles. The molecule has 0 unspecified atom stereocenters. The number of aryl methyl sites for hydroxylation is 3. The maximum absolute atomic E-state index is 13.1. The Hall–Kier alpha value is -3.84. The number of benzene rings is 3. The summed E-state index contributed by atoms with van der Waals surface area (Å²) in [5.41, 5.74) is 5.57. The number of carboxylic acids is 1. The van der Waals surface area contributed by atoms with Crippen LogP contribution in [0.15, 0.2) is 66.7 Å². The molecule has 1 saturated heterocycles. The monoisotopic (exact) mass is 556 g/mol. The number of hydrogen-bond donors (Lipinski definition) is 2. The SMILES string of the molecule is CCc1ccc([C@@H]2[C@@H](C(=O)O)[C@@H](c3ccc4c(c3)OCCO4)CN2CC(=O)NCCCCc2cccc(C)c2)cc1. The van der Waals surface area contributed by atoms with Crippen molar-refractivity contribution in [3.05, 3.63) is 94.5 Å². The van der Waals surface area contributed by atoms with Gasteiger partial charge in [-0.1, -0.05) is 67.1 Å². The van der Waals surface area contributed by atoms with Gasteiger partial charge in [-0.15, -0.1) is 0 Å². The first-order chi connectivity index (χ1) is 19.9. The van der Waals surface area contributed by atoms with Crippen molar-refractivity contribution in [2.75, 3.05) is 32.8 Å². The average Bonchev–Trinajstić information content (AvgIpc) is 3.36. The number of aliphatic carboxylic acids is 1. The lowest BCUT2D eigenvalue weighted by Crippen LogP contribution is -2.38. The predicted molar refractivity (Wildman–Crippen MR) is 159 cm³/mol. The molecule has 0 spiro atoms. The zero-order chi connectivity index (χ0) is 28.8. The van der Waals surface area contributed by atoms with Crippen LogP contribution in [0, 0.1) is 12.8 Å². The van der Waals surface area contributed by atoms with E-state index >= 15 is 0 Å². The quantitative estimate of drug-likeness (QED) is 0.311. The molecule has 216 valence electrons. The number of likely N-dealkylation sites (tertiary alicyclic amines) is 1. The van der Waals surface area contributed by atoms with Crippen molar-refractivity contribution < 1.29 is 24.2 Å². The number of rotatable bonds is 11. The van der Waals surface area contributed by atoms with E-state index in [9.17, 15) is 14.7 Å². The van der Waals surface area contributed by atoms with Gasteiger partial charge in [-0.25, -0.2) is 0 Å². The first-order valence-corrected chi connectivity index (χ1v) is 14.7. The van der Waals surface area contributed by atoms with Gasteiger partial charge in [0, 0.05) is 25.0 Å². The molecule has 0 bridgehead atoms. The molecule has 2 aliphatic rings. The van der Waals surface area contributed by atoms with E-state index in [1.165, 1.54) is 16.7 Å². The third kappa shape index (κ3) is 6.91. The number of fused-ring (bicyclic) bond motifs is 1. The zero-order valence-corrected chi connectivity index (χ0v) is 24.0. The minimum Gasteiger partial charge on any atom is -0.486 e. The van der Waals surface area contributed by atoms with Gasteiger partial charge in [0.05, 0.1) is 12.5 Å². The Morgan fingerprint density at radius 2 is 1.68 bits per heavy atom. The molecule has 2 heterocycles. The maximum Gasteiger partial charge on any atom is 0.309 e. The van der Waals surface area contributed by atoms with Crippen molar-refractivity contribution in [2.24, 2.45) is 5.92 Å². The molecular formula is C34H40N2O5. The number of carbonyl (C=O) groups excluding carboxylic acids is 1. The first kappa shape index (κ1) is 28.7. The van der Waals surface area contributed by atoms with Crippen LogP contribution in [0.5, 0.6) is 11.5 Å². The van der Waals surface area contributed by atoms with E-state index in [-0.39, 0.29) is 18.4 Å². The Balaban J connectivity index is 1.30. The number of unbranched alkanes of at least 4 members (excludes halogenated alkanes) is 1. The summed E-state index contributed by atoms with van der Waals surface area (Å²) in [5.74, 6) is -0.650. The number of ether oxygens (including phenoxy) is 2. The van der Waals surface area contributed by atoms with Crippen molar-refractivity contribution in [1.29, 1.82) is 0 Å². The highest BCUT2D eigenvalue weighted by Crippen LogP contribution is 2.47. The van der Waals surface area contributed by atoms with E-state index in [1.54, 1.807) is 0 Å². The summed E-state index contributed by atoms with van der Waals surface area (Å²) in [6, 6.07) is 21.9. The van der Waals surface area contributed by atoms with Crippen LogP contribution >= 0.6 is 0 Å². The van der Waals surface area contributed by atoms with Crippen LogP contribution in [0.25, 0.3) is 0 Å². The van der Waals surface area contributed by atoms with E-state index in [0.717, 1.165) is 36.8 Å². The van der Waals surface area contributed by atoms with E-state index in [0.29, 0.717) is 37.8 Å². The lowest BCUT2D eigenvalue weighted by atomic mass is 9.82. The summed E-state index contributed by atoms with van der Waals surface area (Å²) in [6.07, 6.45) is 3.77. The molecule has 2 aliphatic heterocycles. The molecule has 1 amide bonds. The van der Waals surface area contributed by atoms with Crippen LogP contribution in [0.2, 0.25) is 0 Å². The molecule has 0 saturated carbocycles. The van der Waals surface area contributed by atoms with Crippen LogP contribution in [0.3, 0.4) is 0 Å². The summed E-state index contributed by atoms with van der Waals surface area (Å²) in [4.78, 5) is 28.0. The highest BCUT2D eigenvalue weighted by molar-refractivity contribution is 5.79. The lowest BCUT2D eigenvalue weighted by molar-refractivity contribution is -0.143. The molecule has 3 aromatic rings. The van der Waals surface area contributed by atoms with Crippen molar-refractivity contribution in [2.45, 2.75) is 51.5 Å². The largest absolute Gasteiger partial charge is 0.486 e. The molecule has 3 atom stereocenters. The number of carboxylic acid groups (broad SMARTS) is 1. The van der Waals surface area contributed by atoms with Crippen LogP contribution in [-0.4, -0.2) is 54.7 Å². The molecule has 1 fully saturated rings. The average molecular weight is 557 g/mol. The van der Waals surface area contributed by atoms with Gasteiger partial charge >= 0.3 is 5.97 Å². The van der Waals surface area contributed by atoms with Gasteiger partial charge in [-0.3, -0.25) is 14.5 Å². The smallest absolute Gasteiger partial charge is 0.309 e. The fourth-order valence-electron chi connectivity index (χ4n) is 6.16. The molecule has 7 heteroatoms. The maximum atomic E-state index is 13.1. The van der Waals surface area contributed by atoms with Gasteiger partial charge in [0.2, 0.25) is 5.91 Å². The zero-order valence-electron chi connectivity index (χ0n) is 24.0. The lowest BCUT2D eigenvalue weighted by Gasteiger charge is -2.27. The summed E-state index contributed by atoms with van der Waals surface area (Å²) >= 11 is 0. The number of nitrogens with one attached hydrogen (secondary N) is 1. The molecule has 0 aromatic heterocycles. The highest BCUT2D eigenvalue weighted by atomic mass is 16.6. The number of nitrogens with zero attached hydrogens (tertiary/aromatic N) is 1. The fraction of sp³-hybridized carbons (Fsp3) is 0.412. The Labute approximate surface area is 242 Å². The summed E-state index contributed by atoms with van der Waals surface area (Å²) in [7, 11) is 0. The van der Waals surface area contributed by atoms with Crippen LogP contribution < -0.4 is 14.8 Å². The predicted octanol–water partition coefficient (Wildman–Crippen LogP) is 5.31. The Kier molecular flexibility index (Phi) is 9.24. The van der Waals surface area contributed by atoms with Gasteiger partial charge in [0.1, 0.15) is 13.2 Å². The first-order valence-electron chi connectivity index (χ1n) is 14.7. The molecule has 41 heavy (non-hydrogen) atoms. The van der Waals surface area contributed by atoms with Gasteiger partial charge < -0.3 is 19.9 Å². The molecule has 5 rings (SSSR count). The van der Waals surface area contributed by atoms with Crippen LogP contribution in [-0.2, 0) is 22.4 Å². The third-order valence-corrected chi connectivity index (χ3v) is 8.25. The number of amides is 1. The van der Waals surface area contributed by atoms with Crippen molar-refractivity contribution in [3.63, 3.8) is 0 Å². The second kappa shape index (κ2) is 13.2. The van der Waals surface area contributed by atoms with E-state index in [1.807, 2.05) is 35.2 Å². The van der Waals surface area contributed by atoms with E-state index in [4.69, 9.17) is 9.47 Å². The molecule has 2 N–H and O–H groups in total. The van der Waals surface area contributed by atoms with Crippen LogP contribution in [0.1, 0.15) is 59.5 Å². The second-order valence-corrected chi connectivity index (χ2v) is 11.1. The molecule has 7 nitrogen and oxygen atoms in total. The Bertz CT molecular complexity index is 1360. The number of hydrogen-bond acceptors (Lipinski definition) is 5. The van der Waals surface area contributed by atoms with Crippen molar-refractivity contribution in [1.82, 2.24) is 10.2 Å². The van der Waals surface area contributed by atoms with Gasteiger partial charge in [0.25, 0.3) is 0 Å². The van der Waals surface area contributed by atoms with Gasteiger partial charge in [0.15, 0.2) is 11.5 Å². The fourth-order valence-corrected chi connectivity index (χ4v) is 6.16. The summed E-state index contributed by atoms with van der Waals surface area (Å²) in [5, 5.41) is 13.6. The molecule has 0 aliphatic carbocycles. The van der Waals surface area contributed by atoms with Crippen LogP contribution in [0.4, 0.5) is 0 Å². The third-order valence-electron chi connectivity index (χ3n) is 8.25. The highest BCUT2D eigenvalue weighted by Gasteiger charge is 2.48. The normalized spacial score (nSPS) is 20.1. The van der Waals surface area contributed by atoms with Crippen molar-refractivity contribution in [3.8, 4) is 11.5 Å². The van der Waals surface area contributed by atoms with Crippen molar-refractivity contribution >= 4 is 11.9 Å². The Morgan fingerprint density at radius 1 is 0.927 bits per heavy atom. The molecule has 0 radical (unpaired) electrons. The molecular weight excluding hydrogens is 516 g/mol. The minimum absolute atomic E-state index is 0.0808. The van der Waals surface area contributed by atoms with Gasteiger partial charge in [-0.05, 0) is 67.0 Å². The van der Waals surface area contributed by atoms with E-state index in [2.05, 4.69) is 55.6 Å². The number of carbonyl (C=O) groups is 2. The summed E-state index contributed by atoms with van der Waals surface area (Å²) in [6.45, 7) is 6.36. The Morgan fingerprint density at radius 3 is 2.41 bits per heavy atom. The van der Waals surface area contributed by atoms with E-state index < -0.39 is 17.9 Å². The minimum atomic E-state index is -0.867. The standard InChI is InChI=1S/C34H40N2O5/c1-3-24-10-12-26(13-11-24)33-32(34(38)39)28(27-14-15-29-30(20-27)41-18-17-40-29)21-36(33)22-31(37)35-16-5-4-8-25-9-6-7-23(2)19-25/h6-7,9-15,19-20,28,32-33H,3-5,8,16-18,21-22H2,1-2H3,(H,35,37)(H,38,39)/t28-,32+,33-/m1/s1. The summed E-state index contributed by atoms with van der Waals surface area (Å²) < 4.78 is 11.5. The van der Waals surface area contributed by atoms with Gasteiger partial charge in [-0.2, -0.15) is 0 Å². The second-order valence-electron chi connectivity index (χ2n) is 11.1. The topological polar surface area (TPSA) is 88.1 Å².